The van der Waals surface area contributed by atoms with E-state index in [0.717, 1.165) is 16.0 Å². The summed E-state index contributed by atoms with van der Waals surface area (Å²) in [5, 5.41) is 4.90. The number of benzene rings is 1. The molecule has 3 N–H and O–H groups in total. The lowest BCUT2D eigenvalue weighted by Gasteiger charge is -2.17. The zero-order chi connectivity index (χ0) is 14.0. The number of rotatable bonds is 4. The summed E-state index contributed by atoms with van der Waals surface area (Å²) in [6.07, 6.45) is 0. The Morgan fingerprint density at radius 3 is 2.63 bits per heavy atom. The van der Waals surface area contributed by atoms with Gasteiger partial charge in [0.05, 0.1) is 0 Å². The Bertz CT molecular complexity index is 589. The molecule has 1 amide bonds. The fourth-order valence-corrected chi connectivity index (χ4v) is 2.92. The van der Waals surface area contributed by atoms with Crippen molar-refractivity contribution in [2.24, 2.45) is 5.73 Å². The molecule has 0 spiro atoms. The van der Waals surface area contributed by atoms with E-state index in [-0.39, 0.29) is 5.82 Å². The number of amides is 1. The summed E-state index contributed by atoms with van der Waals surface area (Å²) in [4.78, 5) is 12.5. The van der Waals surface area contributed by atoms with E-state index in [9.17, 15) is 9.18 Å². The van der Waals surface area contributed by atoms with Gasteiger partial charge in [-0.15, -0.1) is 11.3 Å². The van der Waals surface area contributed by atoms with Crippen LogP contribution in [-0.4, -0.2) is 5.91 Å². The van der Waals surface area contributed by atoms with E-state index in [4.69, 9.17) is 5.73 Å². The smallest absolute Gasteiger partial charge is 0.245 e. The fraction of sp³-hybridized carbons (Fsp3) is 0.214. The first-order valence-electron chi connectivity index (χ1n) is 5.84. The number of nitrogens with two attached hydrogens (primary N) is 1. The summed E-state index contributed by atoms with van der Waals surface area (Å²) in [5.74, 6) is -0.818. The van der Waals surface area contributed by atoms with Crippen molar-refractivity contribution in [3.8, 4) is 0 Å². The monoisotopic (exact) mass is 278 g/mol. The van der Waals surface area contributed by atoms with Gasteiger partial charge in [0.1, 0.15) is 11.9 Å². The van der Waals surface area contributed by atoms with E-state index >= 15 is 0 Å². The van der Waals surface area contributed by atoms with Gasteiger partial charge in [-0.3, -0.25) is 4.79 Å². The maximum atomic E-state index is 13.3. The summed E-state index contributed by atoms with van der Waals surface area (Å²) in [6.45, 7) is 3.71. The molecule has 19 heavy (non-hydrogen) atoms. The van der Waals surface area contributed by atoms with Crippen LogP contribution < -0.4 is 11.1 Å². The minimum atomic E-state index is -0.638. The van der Waals surface area contributed by atoms with Crippen LogP contribution in [0.1, 0.15) is 22.0 Å². The van der Waals surface area contributed by atoms with E-state index in [2.05, 4.69) is 5.32 Å². The van der Waals surface area contributed by atoms with Crippen LogP contribution in [0.5, 0.6) is 0 Å². The number of hydrogen-bond acceptors (Lipinski definition) is 3. The topological polar surface area (TPSA) is 55.1 Å². The van der Waals surface area contributed by atoms with Crippen LogP contribution in [0.2, 0.25) is 0 Å². The lowest BCUT2D eigenvalue weighted by Crippen LogP contribution is -2.27. The van der Waals surface area contributed by atoms with Crippen LogP contribution in [0.3, 0.4) is 0 Å². The molecule has 2 aromatic rings. The third kappa shape index (κ3) is 3.12. The highest BCUT2D eigenvalue weighted by molar-refractivity contribution is 7.10. The molecule has 0 aliphatic carbocycles. The molecule has 2 rings (SSSR count). The van der Waals surface area contributed by atoms with Crippen molar-refractivity contribution < 1.29 is 9.18 Å². The number of aryl methyl sites for hydroxylation is 2. The van der Waals surface area contributed by atoms with Gasteiger partial charge in [-0.2, -0.15) is 0 Å². The molecule has 0 bridgehead atoms. The van der Waals surface area contributed by atoms with Gasteiger partial charge in [-0.25, -0.2) is 4.39 Å². The van der Waals surface area contributed by atoms with Crippen molar-refractivity contribution in [3.05, 3.63) is 51.5 Å². The van der Waals surface area contributed by atoms with Gasteiger partial charge in [0.15, 0.2) is 0 Å². The molecule has 3 nitrogen and oxygen atoms in total. The van der Waals surface area contributed by atoms with Gasteiger partial charge >= 0.3 is 0 Å². The quantitative estimate of drug-likeness (QED) is 0.902. The molecule has 0 radical (unpaired) electrons. The molecule has 1 atom stereocenters. The van der Waals surface area contributed by atoms with Crippen LogP contribution in [0, 0.1) is 19.7 Å². The highest BCUT2D eigenvalue weighted by atomic mass is 32.1. The number of thiophene rings is 1. The van der Waals surface area contributed by atoms with Crippen molar-refractivity contribution in [2.45, 2.75) is 19.9 Å². The first-order valence-corrected chi connectivity index (χ1v) is 6.72. The third-order valence-electron chi connectivity index (χ3n) is 2.80. The summed E-state index contributed by atoms with van der Waals surface area (Å²) in [6, 6.07) is 5.85. The maximum absolute atomic E-state index is 13.3. The number of halogens is 1. The Balaban J connectivity index is 2.32. The Morgan fingerprint density at radius 1 is 1.37 bits per heavy atom. The molecular formula is C14H15FN2OS. The largest absolute Gasteiger partial charge is 0.369 e. The molecule has 0 saturated heterocycles. The van der Waals surface area contributed by atoms with Gasteiger partial charge in [0.25, 0.3) is 0 Å². The molecule has 1 aromatic heterocycles. The Hall–Kier alpha value is -1.88. The lowest BCUT2D eigenvalue weighted by atomic mass is 10.1. The van der Waals surface area contributed by atoms with Gasteiger partial charge in [0, 0.05) is 10.6 Å². The molecule has 0 aliphatic rings. The number of carbonyl (C=O) groups is 1. The lowest BCUT2D eigenvalue weighted by molar-refractivity contribution is -0.118. The summed E-state index contributed by atoms with van der Waals surface area (Å²) >= 11 is 1.46. The second-order valence-electron chi connectivity index (χ2n) is 4.46. The van der Waals surface area contributed by atoms with Crippen LogP contribution in [0.25, 0.3) is 0 Å². The fourth-order valence-electron chi connectivity index (χ4n) is 1.93. The minimum absolute atomic E-state index is 0.339. The summed E-state index contributed by atoms with van der Waals surface area (Å²) < 4.78 is 13.3. The standard InChI is InChI=1S/C14H15FN2OS/c1-8-5-10(15)7-11(6-8)17-12(14(16)18)13-9(2)3-4-19-13/h3-7,12,17H,1-2H3,(H2,16,18). The van der Waals surface area contributed by atoms with Crippen LogP contribution in [0.15, 0.2) is 29.6 Å². The van der Waals surface area contributed by atoms with Gasteiger partial charge in [0.2, 0.25) is 5.91 Å². The highest BCUT2D eigenvalue weighted by Crippen LogP contribution is 2.27. The van der Waals surface area contributed by atoms with Crippen molar-refractivity contribution >= 4 is 22.9 Å². The van der Waals surface area contributed by atoms with E-state index in [1.165, 1.54) is 23.5 Å². The van der Waals surface area contributed by atoms with E-state index in [0.29, 0.717) is 5.69 Å². The molecule has 1 heterocycles. The zero-order valence-corrected chi connectivity index (χ0v) is 11.6. The average Bonchev–Trinajstić information content (AvgIpc) is 2.70. The van der Waals surface area contributed by atoms with Gasteiger partial charge in [-0.1, -0.05) is 0 Å². The highest BCUT2D eigenvalue weighted by Gasteiger charge is 2.21. The number of nitrogens with one attached hydrogen (secondary N) is 1. The number of hydrogen-bond donors (Lipinski definition) is 2. The molecule has 0 aliphatic heterocycles. The minimum Gasteiger partial charge on any atom is -0.369 e. The van der Waals surface area contributed by atoms with E-state index < -0.39 is 11.9 Å². The molecule has 5 heteroatoms. The first kappa shape index (κ1) is 13.5. The van der Waals surface area contributed by atoms with Crippen molar-refractivity contribution in [1.82, 2.24) is 0 Å². The zero-order valence-electron chi connectivity index (χ0n) is 10.7. The normalized spacial score (nSPS) is 12.2. The third-order valence-corrected chi connectivity index (χ3v) is 3.89. The molecule has 1 aromatic carbocycles. The average molecular weight is 278 g/mol. The number of anilines is 1. The number of carbonyl (C=O) groups excluding carboxylic acids is 1. The Kier molecular flexibility index (Phi) is 3.85. The van der Waals surface area contributed by atoms with E-state index in [1.807, 2.05) is 18.4 Å². The first-order chi connectivity index (χ1) is 8.97. The predicted octanol–water partition coefficient (Wildman–Crippen LogP) is 3.14. The van der Waals surface area contributed by atoms with Gasteiger partial charge < -0.3 is 11.1 Å². The SMILES string of the molecule is Cc1cc(F)cc(NC(C(N)=O)c2sccc2C)c1. The van der Waals surface area contributed by atoms with E-state index in [1.54, 1.807) is 13.0 Å². The molecule has 0 saturated carbocycles. The van der Waals surface area contributed by atoms with Crippen LogP contribution in [-0.2, 0) is 4.79 Å². The second-order valence-corrected chi connectivity index (χ2v) is 5.41. The second kappa shape index (κ2) is 5.40. The number of primary amides is 1. The molecule has 1 unspecified atom stereocenters. The summed E-state index contributed by atoms with van der Waals surface area (Å²) in [5.41, 5.74) is 7.76. The van der Waals surface area contributed by atoms with Gasteiger partial charge in [-0.05, 0) is 54.6 Å². The molecular weight excluding hydrogens is 263 g/mol. The Labute approximate surface area is 115 Å². The van der Waals surface area contributed by atoms with Crippen LogP contribution in [0.4, 0.5) is 10.1 Å². The molecule has 100 valence electrons. The Morgan fingerprint density at radius 2 is 2.11 bits per heavy atom. The maximum Gasteiger partial charge on any atom is 0.245 e. The van der Waals surface area contributed by atoms with Crippen molar-refractivity contribution in [2.75, 3.05) is 5.32 Å². The van der Waals surface area contributed by atoms with Crippen LogP contribution >= 0.6 is 11.3 Å². The van der Waals surface area contributed by atoms with Crippen molar-refractivity contribution in [3.63, 3.8) is 0 Å². The summed E-state index contributed by atoms with van der Waals surface area (Å²) in [7, 11) is 0. The van der Waals surface area contributed by atoms with Crippen molar-refractivity contribution in [1.29, 1.82) is 0 Å². The molecule has 0 fully saturated rings. The predicted molar refractivity (Wildman–Crippen MR) is 75.8 cm³/mol.